The first-order valence-corrected chi connectivity index (χ1v) is 9.60. The van der Waals surface area contributed by atoms with Crippen LogP contribution in [0.3, 0.4) is 0 Å². The zero-order valence-electron chi connectivity index (χ0n) is 15.3. The predicted octanol–water partition coefficient (Wildman–Crippen LogP) is 5.56. The molecule has 0 bridgehead atoms. The summed E-state index contributed by atoms with van der Waals surface area (Å²) >= 11 is 11.7. The number of carbonyl (C=O) groups is 2. The van der Waals surface area contributed by atoms with E-state index in [0.717, 1.165) is 0 Å². The van der Waals surface area contributed by atoms with E-state index in [-0.39, 0.29) is 11.6 Å². The van der Waals surface area contributed by atoms with Gasteiger partial charge >= 0.3 is 11.9 Å². The number of nitrogens with zero attached hydrogens (tertiary/aromatic N) is 1. The van der Waals surface area contributed by atoms with Crippen LogP contribution in [0.5, 0.6) is 5.75 Å². The van der Waals surface area contributed by atoms with Gasteiger partial charge in [-0.2, -0.15) is 0 Å². The van der Waals surface area contributed by atoms with Crippen molar-refractivity contribution in [2.24, 2.45) is 4.99 Å². The molecule has 0 N–H and O–H groups in total. The Morgan fingerprint density at radius 2 is 1.60 bits per heavy atom. The van der Waals surface area contributed by atoms with Gasteiger partial charge in [-0.05, 0) is 72.3 Å². The highest BCUT2D eigenvalue weighted by atomic mass is 35.5. The summed E-state index contributed by atoms with van der Waals surface area (Å²) in [5.74, 6) is -0.547. The molecular formula is C23H13Cl2NO4. The molecule has 0 fully saturated rings. The minimum absolute atomic E-state index is 0.140. The maximum absolute atomic E-state index is 12.3. The largest absolute Gasteiger partial charge is 0.423 e. The quantitative estimate of drug-likeness (QED) is 0.304. The predicted molar refractivity (Wildman–Crippen MR) is 115 cm³/mol. The standard InChI is InChI=1S/C23H13Cl2NO4/c24-17-8-4-15(5-9-17)21-26-20(23(28)30-21)13-14-2-1-3-19(12-14)29-22(27)16-6-10-18(25)11-7-16/h1-13H. The van der Waals surface area contributed by atoms with Crippen molar-refractivity contribution in [2.45, 2.75) is 0 Å². The number of rotatable bonds is 4. The van der Waals surface area contributed by atoms with Crippen molar-refractivity contribution in [2.75, 3.05) is 0 Å². The fourth-order valence-electron chi connectivity index (χ4n) is 2.70. The summed E-state index contributed by atoms with van der Waals surface area (Å²) in [5.41, 5.74) is 1.78. The molecule has 0 saturated heterocycles. The lowest BCUT2D eigenvalue weighted by Crippen LogP contribution is -2.08. The third-order valence-corrected chi connectivity index (χ3v) is 4.67. The Bertz CT molecular complexity index is 1180. The highest BCUT2D eigenvalue weighted by Gasteiger charge is 2.24. The number of ether oxygens (including phenoxy) is 2. The highest BCUT2D eigenvalue weighted by Crippen LogP contribution is 2.23. The van der Waals surface area contributed by atoms with E-state index >= 15 is 0 Å². The van der Waals surface area contributed by atoms with Gasteiger partial charge in [-0.1, -0.05) is 35.3 Å². The van der Waals surface area contributed by atoms with Gasteiger partial charge in [-0.15, -0.1) is 0 Å². The summed E-state index contributed by atoms with van der Waals surface area (Å²) in [6.07, 6.45) is 1.56. The first kappa shape index (κ1) is 19.9. The Hall–Kier alpha value is -3.41. The molecule has 1 aliphatic heterocycles. The fourth-order valence-corrected chi connectivity index (χ4v) is 2.95. The molecular weight excluding hydrogens is 425 g/mol. The molecule has 7 heteroatoms. The second kappa shape index (κ2) is 8.53. The first-order chi connectivity index (χ1) is 14.5. The number of hydrogen-bond donors (Lipinski definition) is 0. The molecule has 1 aliphatic rings. The summed E-state index contributed by atoms with van der Waals surface area (Å²) in [4.78, 5) is 28.7. The molecule has 0 amide bonds. The van der Waals surface area contributed by atoms with Crippen LogP contribution in [-0.2, 0) is 9.53 Å². The minimum Gasteiger partial charge on any atom is -0.423 e. The molecule has 0 spiro atoms. The Morgan fingerprint density at radius 3 is 2.30 bits per heavy atom. The minimum atomic E-state index is -0.566. The zero-order valence-corrected chi connectivity index (χ0v) is 16.9. The molecule has 0 aromatic heterocycles. The van der Waals surface area contributed by atoms with Gasteiger partial charge < -0.3 is 9.47 Å². The van der Waals surface area contributed by atoms with Crippen LogP contribution in [-0.4, -0.2) is 17.8 Å². The fraction of sp³-hybridized carbons (Fsp3) is 0. The van der Waals surface area contributed by atoms with Crippen LogP contribution in [0.2, 0.25) is 10.0 Å². The normalized spacial score (nSPS) is 14.4. The second-order valence-electron chi connectivity index (χ2n) is 6.31. The van der Waals surface area contributed by atoms with Crippen LogP contribution in [0.4, 0.5) is 0 Å². The first-order valence-electron chi connectivity index (χ1n) is 8.84. The second-order valence-corrected chi connectivity index (χ2v) is 7.18. The van der Waals surface area contributed by atoms with E-state index in [1.165, 1.54) is 0 Å². The van der Waals surface area contributed by atoms with Crippen molar-refractivity contribution < 1.29 is 19.1 Å². The van der Waals surface area contributed by atoms with Gasteiger partial charge in [0.1, 0.15) is 5.75 Å². The van der Waals surface area contributed by atoms with E-state index in [2.05, 4.69) is 4.99 Å². The van der Waals surface area contributed by atoms with Crippen LogP contribution in [0.25, 0.3) is 6.08 Å². The lowest BCUT2D eigenvalue weighted by Gasteiger charge is -2.05. The number of hydrogen-bond acceptors (Lipinski definition) is 5. The molecule has 0 unspecified atom stereocenters. The molecule has 30 heavy (non-hydrogen) atoms. The van der Waals surface area contributed by atoms with Crippen LogP contribution in [0.15, 0.2) is 83.5 Å². The van der Waals surface area contributed by atoms with E-state index < -0.39 is 11.9 Å². The van der Waals surface area contributed by atoms with Crippen molar-refractivity contribution >= 4 is 47.1 Å². The van der Waals surface area contributed by atoms with E-state index in [9.17, 15) is 9.59 Å². The highest BCUT2D eigenvalue weighted by molar-refractivity contribution is 6.31. The maximum Gasteiger partial charge on any atom is 0.363 e. The third kappa shape index (κ3) is 4.59. The Labute approximate surface area is 182 Å². The average molecular weight is 438 g/mol. The maximum atomic E-state index is 12.3. The summed E-state index contributed by atoms with van der Waals surface area (Å²) in [7, 11) is 0. The smallest absolute Gasteiger partial charge is 0.363 e. The van der Waals surface area contributed by atoms with Crippen LogP contribution in [0.1, 0.15) is 21.5 Å². The Morgan fingerprint density at radius 1 is 0.933 bits per heavy atom. The molecule has 0 saturated carbocycles. The van der Waals surface area contributed by atoms with Crippen molar-refractivity contribution in [3.63, 3.8) is 0 Å². The number of aliphatic imine (C=N–C) groups is 1. The van der Waals surface area contributed by atoms with Gasteiger partial charge in [-0.25, -0.2) is 14.6 Å². The molecule has 148 valence electrons. The van der Waals surface area contributed by atoms with Gasteiger partial charge in [0, 0.05) is 15.6 Å². The lowest BCUT2D eigenvalue weighted by molar-refractivity contribution is -0.129. The summed E-state index contributed by atoms with van der Waals surface area (Å²) in [5, 5.41) is 1.10. The van der Waals surface area contributed by atoms with E-state index in [0.29, 0.717) is 32.5 Å². The van der Waals surface area contributed by atoms with Crippen molar-refractivity contribution in [1.82, 2.24) is 0 Å². The van der Waals surface area contributed by atoms with E-state index in [4.69, 9.17) is 32.7 Å². The average Bonchev–Trinajstić information content (AvgIpc) is 3.09. The van der Waals surface area contributed by atoms with Crippen LogP contribution < -0.4 is 4.74 Å². The number of benzene rings is 3. The van der Waals surface area contributed by atoms with Crippen molar-refractivity contribution in [1.29, 1.82) is 0 Å². The molecule has 3 aromatic carbocycles. The van der Waals surface area contributed by atoms with Crippen LogP contribution in [0, 0.1) is 0 Å². The zero-order chi connectivity index (χ0) is 21.1. The number of carbonyl (C=O) groups excluding carboxylic acids is 2. The van der Waals surface area contributed by atoms with Crippen LogP contribution >= 0.6 is 23.2 Å². The van der Waals surface area contributed by atoms with Crippen molar-refractivity contribution in [3.05, 3.63) is 105 Å². The summed E-state index contributed by atoms with van der Waals surface area (Å²) < 4.78 is 10.6. The topological polar surface area (TPSA) is 65.0 Å². The molecule has 0 atom stereocenters. The van der Waals surface area contributed by atoms with E-state index in [1.807, 2.05) is 0 Å². The number of esters is 2. The number of halogens is 2. The Kier molecular flexibility index (Phi) is 5.65. The summed E-state index contributed by atoms with van der Waals surface area (Å²) in [6, 6.07) is 19.9. The molecule has 1 heterocycles. The van der Waals surface area contributed by atoms with E-state index in [1.54, 1.807) is 78.9 Å². The SMILES string of the molecule is O=C1OC(c2ccc(Cl)cc2)=NC1=Cc1cccc(OC(=O)c2ccc(Cl)cc2)c1. The molecule has 0 aliphatic carbocycles. The molecule has 5 nitrogen and oxygen atoms in total. The third-order valence-electron chi connectivity index (χ3n) is 4.16. The van der Waals surface area contributed by atoms with Gasteiger partial charge in [0.2, 0.25) is 5.90 Å². The monoisotopic (exact) mass is 437 g/mol. The molecule has 4 rings (SSSR count). The van der Waals surface area contributed by atoms with Gasteiger partial charge in [0.05, 0.1) is 5.56 Å². The lowest BCUT2D eigenvalue weighted by atomic mass is 10.2. The van der Waals surface area contributed by atoms with Gasteiger partial charge in [-0.3, -0.25) is 0 Å². The molecule has 3 aromatic rings. The molecule has 0 radical (unpaired) electrons. The van der Waals surface area contributed by atoms with Gasteiger partial charge in [0.15, 0.2) is 5.70 Å². The van der Waals surface area contributed by atoms with Gasteiger partial charge in [0.25, 0.3) is 0 Å². The summed E-state index contributed by atoms with van der Waals surface area (Å²) in [6.45, 7) is 0. The van der Waals surface area contributed by atoms with Crippen molar-refractivity contribution in [3.8, 4) is 5.75 Å². The Balaban J connectivity index is 1.54. The number of cyclic esters (lactones) is 1.